The summed E-state index contributed by atoms with van der Waals surface area (Å²) in [6, 6.07) is 2.87. The van der Waals surface area contributed by atoms with Gasteiger partial charge in [0.05, 0.1) is 0 Å². The van der Waals surface area contributed by atoms with E-state index >= 15 is 0 Å². The molecule has 1 aliphatic heterocycles. The molecule has 6 heteroatoms. The lowest BCUT2D eigenvalue weighted by Gasteiger charge is -2.35. The van der Waals surface area contributed by atoms with Gasteiger partial charge in [-0.25, -0.2) is 14.2 Å². The second-order valence-corrected chi connectivity index (χ2v) is 3.84. The van der Waals surface area contributed by atoms with E-state index in [2.05, 4.69) is 10.3 Å². The van der Waals surface area contributed by atoms with E-state index in [0.29, 0.717) is 32.0 Å². The van der Waals surface area contributed by atoms with E-state index in [0.717, 1.165) is 0 Å². The molecule has 2 amide bonds. The Kier molecular flexibility index (Phi) is 3.41. The minimum absolute atomic E-state index is 0.0915. The molecule has 0 unspecified atom stereocenters. The first kappa shape index (κ1) is 11.6. The van der Waals surface area contributed by atoms with Gasteiger partial charge >= 0.3 is 6.03 Å². The summed E-state index contributed by atoms with van der Waals surface area (Å²) in [4.78, 5) is 19.0. The molecule has 1 fully saturated rings. The van der Waals surface area contributed by atoms with E-state index in [1.807, 2.05) is 4.90 Å². The molecule has 0 spiro atoms. The number of amides is 2. The molecule has 2 rings (SSSR count). The van der Waals surface area contributed by atoms with E-state index in [-0.39, 0.29) is 11.8 Å². The number of nitrogens with one attached hydrogen (secondary N) is 1. The standard InChI is InChI=1S/C11H15FN4O/c1-13-11(17)16-7-5-15(6-8-16)10-9(12)3-2-4-14-10/h2-4H,5-8H2,1H3,(H,13,17). The van der Waals surface area contributed by atoms with Crippen molar-refractivity contribution < 1.29 is 9.18 Å². The Balaban J connectivity index is 2.00. The molecule has 0 saturated carbocycles. The van der Waals surface area contributed by atoms with Gasteiger partial charge in [-0.15, -0.1) is 0 Å². The summed E-state index contributed by atoms with van der Waals surface area (Å²) in [5, 5.41) is 2.58. The van der Waals surface area contributed by atoms with Crippen LogP contribution in [-0.4, -0.2) is 49.1 Å². The van der Waals surface area contributed by atoms with Crippen LogP contribution in [0.15, 0.2) is 18.3 Å². The number of anilines is 1. The van der Waals surface area contributed by atoms with E-state index in [1.54, 1.807) is 24.2 Å². The van der Waals surface area contributed by atoms with Crippen molar-refractivity contribution in [2.45, 2.75) is 0 Å². The van der Waals surface area contributed by atoms with E-state index in [9.17, 15) is 9.18 Å². The molecule has 92 valence electrons. The van der Waals surface area contributed by atoms with Gasteiger partial charge in [0, 0.05) is 39.4 Å². The van der Waals surface area contributed by atoms with E-state index in [1.165, 1.54) is 6.07 Å². The fourth-order valence-electron chi connectivity index (χ4n) is 1.89. The number of aromatic nitrogens is 1. The van der Waals surface area contributed by atoms with Gasteiger partial charge in [-0.3, -0.25) is 0 Å². The van der Waals surface area contributed by atoms with E-state index < -0.39 is 0 Å². The maximum Gasteiger partial charge on any atom is 0.317 e. The van der Waals surface area contributed by atoms with Crippen molar-refractivity contribution in [3.8, 4) is 0 Å². The zero-order valence-corrected chi connectivity index (χ0v) is 9.69. The monoisotopic (exact) mass is 238 g/mol. The second kappa shape index (κ2) is 4.99. The number of carbonyl (C=O) groups is 1. The van der Waals surface area contributed by atoms with Crippen molar-refractivity contribution >= 4 is 11.8 Å². The number of hydrogen-bond donors (Lipinski definition) is 1. The molecule has 1 N–H and O–H groups in total. The smallest absolute Gasteiger partial charge is 0.317 e. The van der Waals surface area contributed by atoms with Crippen molar-refractivity contribution in [3.63, 3.8) is 0 Å². The van der Waals surface area contributed by atoms with Crippen LogP contribution in [0, 0.1) is 5.82 Å². The predicted octanol–water partition coefficient (Wildman–Crippen LogP) is 0.682. The van der Waals surface area contributed by atoms with Crippen LogP contribution < -0.4 is 10.2 Å². The predicted molar refractivity (Wildman–Crippen MR) is 62.4 cm³/mol. The molecule has 1 aromatic rings. The highest BCUT2D eigenvalue weighted by Gasteiger charge is 2.22. The van der Waals surface area contributed by atoms with Crippen molar-refractivity contribution in [1.82, 2.24) is 15.2 Å². The third-order valence-corrected chi connectivity index (χ3v) is 2.82. The van der Waals surface area contributed by atoms with Gasteiger partial charge in [0.15, 0.2) is 11.6 Å². The highest BCUT2D eigenvalue weighted by Crippen LogP contribution is 2.16. The number of nitrogens with zero attached hydrogens (tertiary/aromatic N) is 3. The number of pyridine rings is 1. The highest BCUT2D eigenvalue weighted by atomic mass is 19.1. The Hall–Kier alpha value is -1.85. The molecule has 5 nitrogen and oxygen atoms in total. The first-order valence-electron chi connectivity index (χ1n) is 5.54. The average Bonchev–Trinajstić information content (AvgIpc) is 2.39. The summed E-state index contributed by atoms with van der Waals surface area (Å²) in [6.45, 7) is 2.36. The van der Waals surface area contributed by atoms with Crippen LogP contribution in [-0.2, 0) is 0 Å². The number of urea groups is 1. The summed E-state index contributed by atoms with van der Waals surface area (Å²) in [5.41, 5.74) is 0. The molecule has 1 aromatic heterocycles. The van der Waals surface area contributed by atoms with Crippen molar-refractivity contribution in [2.75, 3.05) is 38.1 Å². The summed E-state index contributed by atoms with van der Waals surface area (Å²) >= 11 is 0. The maximum absolute atomic E-state index is 13.5. The number of piperazine rings is 1. The van der Waals surface area contributed by atoms with Crippen LogP contribution >= 0.6 is 0 Å². The van der Waals surface area contributed by atoms with Crippen LogP contribution in [0.1, 0.15) is 0 Å². The number of hydrogen-bond acceptors (Lipinski definition) is 3. The number of halogens is 1. The molecule has 1 aliphatic rings. The van der Waals surface area contributed by atoms with Gasteiger partial charge in [-0.1, -0.05) is 0 Å². The fraction of sp³-hybridized carbons (Fsp3) is 0.455. The molecular formula is C11H15FN4O. The number of rotatable bonds is 1. The van der Waals surface area contributed by atoms with Crippen molar-refractivity contribution in [2.24, 2.45) is 0 Å². The fourth-order valence-corrected chi connectivity index (χ4v) is 1.89. The average molecular weight is 238 g/mol. The lowest BCUT2D eigenvalue weighted by molar-refractivity contribution is 0.196. The molecule has 0 aromatic carbocycles. The lowest BCUT2D eigenvalue weighted by atomic mass is 10.3. The highest BCUT2D eigenvalue weighted by molar-refractivity contribution is 5.74. The van der Waals surface area contributed by atoms with Crippen LogP contribution in [0.5, 0.6) is 0 Å². The Morgan fingerprint density at radius 2 is 2.12 bits per heavy atom. The normalized spacial score (nSPS) is 15.9. The zero-order valence-electron chi connectivity index (χ0n) is 9.69. The summed E-state index contributed by atoms with van der Waals surface area (Å²) in [7, 11) is 1.60. The molecule has 0 radical (unpaired) electrons. The largest absolute Gasteiger partial charge is 0.351 e. The summed E-state index contributed by atoms with van der Waals surface area (Å²) < 4.78 is 13.5. The van der Waals surface area contributed by atoms with Crippen molar-refractivity contribution in [1.29, 1.82) is 0 Å². The van der Waals surface area contributed by atoms with Gasteiger partial charge < -0.3 is 15.1 Å². The SMILES string of the molecule is CNC(=O)N1CCN(c2ncccc2F)CC1. The molecule has 0 atom stereocenters. The van der Waals surface area contributed by atoms with E-state index in [4.69, 9.17) is 0 Å². The first-order valence-corrected chi connectivity index (χ1v) is 5.54. The molecule has 17 heavy (non-hydrogen) atoms. The van der Waals surface area contributed by atoms with Gasteiger partial charge in [0.1, 0.15) is 0 Å². The lowest BCUT2D eigenvalue weighted by Crippen LogP contribution is -2.51. The third-order valence-electron chi connectivity index (χ3n) is 2.82. The molecule has 2 heterocycles. The van der Waals surface area contributed by atoms with Crippen LogP contribution in [0.4, 0.5) is 15.0 Å². The molecule has 1 saturated heterocycles. The van der Waals surface area contributed by atoms with Crippen molar-refractivity contribution in [3.05, 3.63) is 24.1 Å². The third kappa shape index (κ3) is 2.46. The van der Waals surface area contributed by atoms with Gasteiger partial charge in [-0.05, 0) is 12.1 Å². The first-order chi connectivity index (χ1) is 8.22. The van der Waals surface area contributed by atoms with Crippen LogP contribution in [0.2, 0.25) is 0 Å². The Labute approximate surface area is 99.2 Å². The minimum Gasteiger partial charge on any atom is -0.351 e. The Morgan fingerprint density at radius 3 is 2.71 bits per heavy atom. The maximum atomic E-state index is 13.5. The van der Waals surface area contributed by atoms with Crippen LogP contribution in [0.3, 0.4) is 0 Å². The Morgan fingerprint density at radius 1 is 1.41 bits per heavy atom. The Bertz CT molecular complexity index is 404. The number of carbonyl (C=O) groups excluding carboxylic acids is 1. The van der Waals surface area contributed by atoms with Gasteiger partial charge in [0.2, 0.25) is 0 Å². The van der Waals surface area contributed by atoms with Gasteiger partial charge in [0.25, 0.3) is 0 Å². The zero-order chi connectivity index (χ0) is 12.3. The molecule has 0 aliphatic carbocycles. The summed E-state index contributed by atoms with van der Waals surface area (Å²) in [6.07, 6.45) is 1.57. The second-order valence-electron chi connectivity index (χ2n) is 3.84. The molecule has 0 bridgehead atoms. The molecular weight excluding hydrogens is 223 g/mol. The quantitative estimate of drug-likeness (QED) is 0.782. The summed E-state index contributed by atoms with van der Waals surface area (Å²) in [5.74, 6) is 0.0462. The minimum atomic E-state index is -0.319. The van der Waals surface area contributed by atoms with Crippen LogP contribution in [0.25, 0.3) is 0 Å². The topological polar surface area (TPSA) is 48.5 Å². The van der Waals surface area contributed by atoms with Gasteiger partial charge in [-0.2, -0.15) is 0 Å².